The average molecular weight is 151 g/mol. The highest BCUT2D eigenvalue weighted by Gasteiger charge is 1.87. The molecule has 1 unspecified atom stereocenters. The van der Waals surface area contributed by atoms with Crippen LogP contribution >= 0.6 is 15.9 Å². The highest BCUT2D eigenvalue weighted by Crippen LogP contribution is 1.87. The highest BCUT2D eigenvalue weighted by atomic mass is 79.9. The number of rotatable bonds is 2. The van der Waals surface area contributed by atoms with E-state index in [0.29, 0.717) is 5.33 Å². The lowest BCUT2D eigenvalue weighted by molar-refractivity contribution is 0.250. The zero-order valence-electron chi connectivity index (χ0n) is 3.39. The van der Waals surface area contributed by atoms with E-state index >= 15 is 0 Å². The van der Waals surface area contributed by atoms with Crippen LogP contribution in [-0.4, -0.2) is 16.5 Å². The van der Waals surface area contributed by atoms with E-state index in [0.717, 1.165) is 0 Å². The predicted molar refractivity (Wildman–Crippen MR) is 30.0 cm³/mol. The summed E-state index contributed by atoms with van der Waals surface area (Å²) in [5.74, 6) is 0. The van der Waals surface area contributed by atoms with Crippen LogP contribution in [0.4, 0.5) is 0 Å². The Morgan fingerprint density at radius 2 is 2.50 bits per heavy atom. The zero-order valence-corrected chi connectivity index (χ0v) is 4.98. The Balaban J connectivity index is 2.96. The monoisotopic (exact) mass is 150 g/mol. The Labute approximate surface area is 45.8 Å². The normalized spacial score (nSPS) is 13.7. The third-order valence-electron chi connectivity index (χ3n) is 0.430. The molecule has 0 radical (unpaired) electrons. The summed E-state index contributed by atoms with van der Waals surface area (Å²) < 4.78 is 0. The first-order valence-electron chi connectivity index (χ1n) is 1.68. The lowest BCUT2D eigenvalue weighted by Gasteiger charge is -1.92. The number of alkyl halides is 1. The summed E-state index contributed by atoms with van der Waals surface area (Å²) in [4.78, 5) is 0. The number of hydrogen-bond donors (Lipinski definition) is 1. The SMILES string of the molecule is C=CC(O)CBr. The molecule has 1 N–H and O–H groups in total. The van der Waals surface area contributed by atoms with E-state index in [1.54, 1.807) is 0 Å². The van der Waals surface area contributed by atoms with Gasteiger partial charge in [-0.15, -0.1) is 6.58 Å². The molecule has 2 heteroatoms. The summed E-state index contributed by atoms with van der Waals surface area (Å²) in [6.07, 6.45) is 1.10. The number of hydrogen-bond acceptors (Lipinski definition) is 1. The topological polar surface area (TPSA) is 20.2 Å². The van der Waals surface area contributed by atoms with E-state index in [1.165, 1.54) is 6.08 Å². The van der Waals surface area contributed by atoms with Gasteiger partial charge in [0.2, 0.25) is 0 Å². The Hall–Kier alpha value is 0.180. The smallest absolute Gasteiger partial charge is 0.0815 e. The molecule has 0 aliphatic rings. The molecule has 0 fully saturated rings. The maximum absolute atomic E-state index is 8.50. The number of aliphatic hydroxyl groups excluding tert-OH is 1. The van der Waals surface area contributed by atoms with Crippen LogP contribution in [0.3, 0.4) is 0 Å². The Morgan fingerprint density at radius 1 is 2.00 bits per heavy atom. The van der Waals surface area contributed by atoms with Crippen LogP contribution < -0.4 is 0 Å². The summed E-state index contributed by atoms with van der Waals surface area (Å²) in [6, 6.07) is 0. The first kappa shape index (κ1) is 6.18. The first-order chi connectivity index (χ1) is 2.81. The van der Waals surface area contributed by atoms with Gasteiger partial charge in [-0.2, -0.15) is 0 Å². The van der Waals surface area contributed by atoms with Crippen molar-refractivity contribution >= 4 is 15.9 Å². The number of aliphatic hydroxyl groups is 1. The standard InChI is InChI=1S/C4H7BrO/c1-2-4(6)3-5/h2,4,6H,1,3H2. The minimum absolute atomic E-state index is 0.384. The van der Waals surface area contributed by atoms with Crippen LogP contribution in [0, 0.1) is 0 Å². The van der Waals surface area contributed by atoms with Crippen molar-refractivity contribution in [2.75, 3.05) is 5.33 Å². The van der Waals surface area contributed by atoms with Crippen molar-refractivity contribution in [1.29, 1.82) is 0 Å². The molecule has 0 heterocycles. The summed E-state index contributed by atoms with van der Waals surface area (Å²) in [7, 11) is 0. The van der Waals surface area contributed by atoms with Crippen molar-refractivity contribution in [2.45, 2.75) is 6.10 Å². The summed E-state index contributed by atoms with van der Waals surface area (Å²) in [5.41, 5.74) is 0. The van der Waals surface area contributed by atoms with Gasteiger partial charge in [-0.25, -0.2) is 0 Å². The fourth-order valence-corrected chi connectivity index (χ4v) is 0.327. The fourth-order valence-electron chi connectivity index (χ4n) is 0.0630. The van der Waals surface area contributed by atoms with Gasteiger partial charge in [-0.05, 0) is 0 Å². The van der Waals surface area contributed by atoms with Gasteiger partial charge in [0.1, 0.15) is 0 Å². The Kier molecular flexibility index (Phi) is 3.47. The van der Waals surface area contributed by atoms with E-state index in [4.69, 9.17) is 5.11 Å². The molecule has 0 rings (SSSR count). The molecular formula is C4H7BrO. The lowest BCUT2D eigenvalue weighted by Crippen LogP contribution is -2.00. The van der Waals surface area contributed by atoms with Crippen LogP contribution in [0.25, 0.3) is 0 Å². The second kappa shape index (κ2) is 3.37. The molecule has 0 spiro atoms. The third kappa shape index (κ3) is 2.42. The summed E-state index contributed by atoms with van der Waals surface area (Å²) in [5, 5.41) is 9.08. The molecule has 0 bridgehead atoms. The van der Waals surface area contributed by atoms with Crippen LogP contribution in [-0.2, 0) is 0 Å². The van der Waals surface area contributed by atoms with E-state index in [1.807, 2.05) is 0 Å². The zero-order chi connectivity index (χ0) is 4.99. The van der Waals surface area contributed by atoms with Crippen LogP contribution in [0.5, 0.6) is 0 Å². The van der Waals surface area contributed by atoms with Crippen molar-refractivity contribution < 1.29 is 5.11 Å². The van der Waals surface area contributed by atoms with E-state index in [-0.39, 0.29) is 6.10 Å². The van der Waals surface area contributed by atoms with Crippen molar-refractivity contribution in [1.82, 2.24) is 0 Å². The molecule has 0 saturated carbocycles. The van der Waals surface area contributed by atoms with Crippen LogP contribution in [0.2, 0.25) is 0 Å². The molecule has 0 aliphatic carbocycles. The molecular weight excluding hydrogens is 144 g/mol. The second-order valence-electron chi connectivity index (χ2n) is 0.957. The molecule has 0 amide bonds. The van der Waals surface area contributed by atoms with Crippen molar-refractivity contribution in [2.24, 2.45) is 0 Å². The molecule has 6 heavy (non-hydrogen) atoms. The minimum atomic E-state index is -0.384. The van der Waals surface area contributed by atoms with Gasteiger partial charge in [0.25, 0.3) is 0 Å². The highest BCUT2D eigenvalue weighted by molar-refractivity contribution is 9.09. The summed E-state index contributed by atoms with van der Waals surface area (Å²) >= 11 is 3.05. The van der Waals surface area contributed by atoms with Gasteiger partial charge >= 0.3 is 0 Å². The van der Waals surface area contributed by atoms with Gasteiger partial charge in [0.15, 0.2) is 0 Å². The first-order valence-corrected chi connectivity index (χ1v) is 2.80. The maximum atomic E-state index is 8.50. The van der Waals surface area contributed by atoms with Crippen LogP contribution in [0.1, 0.15) is 0 Å². The van der Waals surface area contributed by atoms with Crippen LogP contribution in [0.15, 0.2) is 12.7 Å². The van der Waals surface area contributed by atoms with E-state index < -0.39 is 0 Å². The van der Waals surface area contributed by atoms with Gasteiger partial charge in [0, 0.05) is 5.33 Å². The lowest BCUT2D eigenvalue weighted by atomic mass is 10.4. The number of halogens is 1. The van der Waals surface area contributed by atoms with Gasteiger partial charge in [0.05, 0.1) is 6.10 Å². The molecule has 1 nitrogen and oxygen atoms in total. The van der Waals surface area contributed by atoms with Crippen molar-refractivity contribution in [3.8, 4) is 0 Å². The Morgan fingerprint density at radius 3 is 2.50 bits per heavy atom. The maximum Gasteiger partial charge on any atom is 0.0815 e. The summed E-state index contributed by atoms with van der Waals surface area (Å²) in [6.45, 7) is 3.35. The predicted octanol–water partition coefficient (Wildman–Crippen LogP) is 0.928. The van der Waals surface area contributed by atoms with E-state index in [9.17, 15) is 0 Å². The molecule has 0 aromatic carbocycles. The van der Waals surface area contributed by atoms with Crippen molar-refractivity contribution in [3.05, 3.63) is 12.7 Å². The van der Waals surface area contributed by atoms with Crippen molar-refractivity contribution in [3.63, 3.8) is 0 Å². The quantitative estimate of drug-likeness (QED) is 0.459. The van der Waals surface area contributed by atoms with E-state index in [2.05, 4.69) is 22.5 Å². The van der Waals surface area contributed by atoms with Gasteiger partial charge < -0.3 is 5.11 Å². The molecule has 36 valence electrons. The van der Waals surface area contributed by atoms with Gasteiger partial charge in [-0.3, -0.25) is 0 Å². The molecule has 0 aromatic rings. The molecule has 1 atom stereocenters. The third-order valence-corrected chi connectivity index (χ3v) is 1.09. The minimum Gasteiger partial charge on any atom is -0.388 e. The average Bonchev–Trinajstić information content (AvgIpc) is 1.65. The largest absolute Gasteiger partial charge is 0.388 e. The molecule has 0 aliphatic heterocycles. The molecule has 0 saturated heterocycles. The second-order valence-corrected chi connectivity index (χ2v) is 1.60. The Bertz CT molecular complexity index is 44.8. The van der Waals surface area contributed by atoms with Gasteiger partial charge in [-0.1, -0.05) is 22.0 Å². The fraction of sp³-hybridized carbons (Fsp3) is 0.500. The molecule has 0 aromatic heterocycles.